The number of hydrogen-bond donors (Lipinski definition) is 0. The first-order valence-electron chi connectivity index (χ1n) is 19.1. The molecule has 4 unspecified atom stereocenters. The van der Waals surface area contributed by atoms with Gasteiger partial charge in [-0.15, -0.1) is 0 Å². The molecule has 42 heavy (non-hydrogen) atoms. The molecule has 0 saturated heterocycles. The molecule has 0 N–H and O–H groups in total. The van der Waals surface area contributed by atoms with Crippen molar-refractivity contribution in [2.45, 2.75) is 189 Å². The van der Waals surface area contributed by atoms with Crippen molar-refractivity contribution < 1.29 is 9.53 Å². The van der Waals surface area contributed by atoms with E-state index in [1.54, 1.807) is 5.57 Å². The predicted molar refractivity (Wildman–Crippen MR) is 179 cm³/mol. The molecular formula is C40H70O2. The van der Waals surface area contributed by atoms with Gasteiger partial charge in [-0.2, -0.15) is 0 Å². The van der Waals surface area contributed by atoms with Crippen molar-refractivity contribution >= 4 is 5.97 Å². The van der Waals surface area contributed by atoms with Gasteiger partial charge in [-0.05, 0) is 97.7 Å². The van der Waals surface area contributed by atoms with E-state index in [2.05, 4.69) is 47.6 Å². The number of fused-ring (bicyclic) bond motifs is 5. The Morgan fingerprint density at radius 2 is 1.52 bits per heavy atom. The summed E-state index contributed by atoms with van der Waals surface area (Å²) in [5.74, 6) is 5.34. The van der Waals surface area contributed by atoms with Crippen molar-refractivity contribution in [3.63, 3.8) is 0 Å². The van der Waals surface area contributed by atoms with E-state index in [4.69, 9.17) is 4.74 Å². The predicted octanol–water partition coefficient (Wildman–Crippen LogP) is 12.3. The zero-order valence-electron chi connectivity index (χ0n) is 29.0. The van der Waals surface area contributed by atoms with Crippen LogP contribution in [0.4, 0.5) is 0 Å². The summed E-state index contributed by atoms with van der Waals surface area (Å²) in [6.45, 7) is 14.9. The van der Waals surface area contributed by atoms with E-state index in [1.807, 2.05) is 0 Å². The van der Waals surface area contributed by atoms with Crippen LogP contribution in [-0.4, -0.2) is 12.1 Å². The van der Waals surface area contributed by atoms with Gasteiger partial charge in [0.2, 0.25) is 0 Å². The summed E-state index contributed by atoms with van der Waals surface area (Å²) in [6.07, 6.45) is 31.0. The second kappa shape index (κ2) is 16.0. The van der Waals surface area contributed by atoms with Crippen molar-refractivity contribution in [2.75, 3.05) is 0 Å². The maximum Gasteiger partial charge on any atom is 0.306 e. The minimum Gasteiger partial charge on any atom is -0.462 e. The van der Waals surface area contributed by atoms with Crippen molar-refractivity contribution in [1.82, 2.24) is 0 Å². The van der Waals surface area contributed by atoms with Crippen LogP contribution in [0.25, 0.3) is 0 Å². The van der Waals surface area contributed by atoms with Gasteiger partial charge >= 0.3 is 5.97 Å². The third-order valence-corrected chi connectivity index (χ3v) is 13.3. The van der Waals surface area contributed by atoms with Crippen LogP contribution in [0.2, 0.25) is 0 Å². The summed E-state index contributed by atoms with van der Waals surface area (Å²) >= 11 is 0. The zero-order valence-corrected chi connectivity index (χ0v) is 29.0. The van der Waals surface area contributed by atoms with Gasteiger partial charge in [0, 0.05) is 12.8 Å². The number of carbonyl (C=O) groups excluding carboxylic acids is 1. The van der Waals surface area contributed by atoms with Gasteiger partial charge in [0.05, 0.1) is 0 Å². The number of carbonyl (C=O) groups is 1. The number of esters is 1. The van der Waals surface area contributed by atoms with E-state index in [0.29, 0.717) is 17.3 Å². The van der Waals surface area contributed by atoms with Crippen LogP contribution >= 0.6 is 0 Å². The number of ether oxygens (including phenoxy) is 1. The molecule has 4 aliphatic rings. The fraction of sp³-hybridized carbons (Fsp3) is 0.925. The Balaban J connectivity index is 1.21. The smallest absolute Gasteiger partial charge is 0.306 e. The molecule has 0 aromatic heterocycles. The van der Waals surface area contributed by atoms with E-state index in [1.165, 1.54) is 116 Å². The quantitative estimate of drug-likeness (QED) is 0.0968. The van der Waals surface area contributed by atoms with Crippen molar-refractivity contribution in [2.24, 2.45) is 46.3 Å². The maximum absolute atomic E-state index is 12.7. The monoisotopic (exact) mass is 583 g/mol. The number of hydrogen-bond acceptors (Lipinski definition) is 2. The first-order valence-corrected chi connectivity index (χ1v) is 19.1. The highest BCUT2D eigenvalue weighted by Crippen LogP contribution is 2.67. The molecule has 0 aromatic carbocycles. The summed E-state index contributed by atoms with van der Waals surface area (Å²) in [4.78, 5) is 12.7. The molecular weight excluding hydrogens is 512 g/mol. The first-order chi connectivity index (χ1) is 20.2. The molecule has 0 amide bonds. The van der Waals surface area contributed by atoms with Gasteiger partial charge in [-0.1, -0.05) is 130 Å². The van der Waals surface area contributed by atoms with Crippen LogP contribution < -0.4 is 0 Å². The van der Waals surface area contributed by atoms with E-state index < -0.39 is 0 Å². The second-order valence-corrected chi connectivity index (χ2v) is 16.6. The van der Waals surface area contributed by atoms with Crippen LogP contribution in [0.1, 0.15) is 183 Å². The van der Waals surface area contributed by atoms with Gasteiger partial charge in [0.15, 0.2) is 0 Å². The highest BCUT2D eigenvalue weighted by atomic mass is 16.5. The van der Waals surface area contributed by atoms with Crippen molar-refractivity contribution in [1.29, 1.82) is 0 Å². The summed E-state index contributed by atoms with van der Waals surface area (Å²) in [5, 5.41) is 0. The third-order valence-electron chi connectivity index (χ3n) is 13.3. The number of allylic oxidation sites excluding steroid dienone is 1. The van der Waals surface area contributed by atoms with Crippen LogP contribution in [-0.2, 0) is 9.53 Å². The van der Waals surface area contributed by atoms with E-state index in [-0.39, 0.29) is 12.1 Å². The Bertz CT molecular complexity index is 858. The lowest BCUT2D eigenvalue weighted by molar-refractivity contribution is -0.151. The standard InChI is InChI=1S/C40H70O2/c1-7-8-9-10-11-12-13-14-15-16-20-38(41)42-33-25-27-39(5)32(29-33)21-22-34-36-24-23-35(31(4)19-17-18-30(2)3)40(36,6)28-26-37(34)39/h21,30-31,33-37H,7-20,22-29H2,1-6H3/t31-,33?,34?,35-,36?,37?,39+,40-/m1/s1. The number of unbranched alkanes of at least 4 members (excludes halogenated alkanes) is 9. The Morgan fingerprint density at radius 3 is 2.21 bits per heavy atom. The zero-order chi connectivity index (χ0) is 30.2. The topological polar surface area (TPSA) is 26.3 Å². The molecule has 4 rings (SSSR count). The molecule has 4 aliphatic carbocycles. The van der Waals surface area contributed by atoms with Gasteiger partial charge in [0.25, 0.3) is 0 Å². The average Bonchev–Trinajstić information content (AvgIpc) is 3.31. The molecule has 3 fully saturated rings. The summed E-state index contributed by atoms with van der Waals surface area (Å²) in [5.41, 5.74) is 2.54. The normalized spacial score (nSPS) is 34.8. The summed E-state index contributed by atoms with van der Waals surface area (Å²) in [6, 6.07) is 0. The minimum absolute atomic E-state index is 0.0606. The molecule has 0 bridgehead atoms. The Morgan fingerprint density at radius 1 is 0.833 bits per heavy atom. The average molecular weight is 583 g/mol. The van der Waals surface area contributed by atoms with Crippen LogP contribution in [0.5, 0.6) is 0 Å². The van der Waals surface area contributed by atoms with Gasteiger partial charge in [0.1, 0.15) is 6.10 Å². The molecule has 242 valence electrons. The Hall–Kier alpha value is -0.790. The number of rotatable bonds is 17. The highest BCUT2D eigenvalue weighted by molar-refractivity contribution is 5.69. The molecule has 0 aliphatic heterocycles. The third kappa shape index (κ3) is 8.27. The molecule has 0 heterocycles. The van der Waals surface area contributed by atoms with Gasteiger partial charge < -0.3 is 4.74 Å². The lowest BCUT2D eigenvalue weighted by atomic mass is 9.47. The molecule has 2 nitrogen and oxygen atoms in total. The first kappa shape index (κ1) is 34.1. The lowest BCUT2D eigenvalue weighted by Crippen LogP contribution is -2.51. The molecule has 3 saturated carbocycles. The molecule has 8 atom stereocenters. The summed E-state index contributed by atoms with van der Waals surface area (Å²) < 4.78 is 6.10. The van der Waals surface area contributed by atoms with Crippen LogP contribution in [0, 0.1) is 46.3 Å². The van der Waals surface area contributed by atoms with Gasteiger partial charge in [-0.3, -0.25) is 4.79 Å². The Labute approximate surface area is 262 Å². The lowest BCUT2D eigenvalue weighted by Gasteiger charge is -2.58. The van der Waals surface area contributed by atoms with Gasteiger partial charge in [-0.25, -0.2) is 0 Å². The van der Waals surface area contributed by atoms with Crippen LogP contribution in [0.15, 0.2) is 11.6 Å². The molecule has 2 heteroatoms. The maximum atomic E-state index is 12.7. The highest BCUT2D eigenvalue weighted by Gasteiger charge is 2.59. The Kier molecular flexibility index (Phi) is 13.0. The molecule has 0 radical (unpaired) electrons. The fourth-order valence-corrected chi connectivity index (χ4v) is 10.8. The van der Waals surface area contributed by atoms with Crippen LogP contribution in [0.3, 0.4) is 0 Å². The minimum atomic E-state index is 0.0606. The van der Waals surface area contributed by atoms with Crippen molar-refractivity contribution in [3.05, 3.63) is 11.6 Å². The van der Waals surface area contributed by atoms with E-state index in [9.17, 15) is 4.79 Å². The van der Waals surface area contributed by atoms with Crippen molar-refractivity contribution in [3.8, 4) is 0 Å². The molecule has 0 spiro atoms. The van der Waals surface area contributed by atoms with E-state index >= 15 is 0 Å². The largest absolute Gasteiger partial charge is 0.462 e. The fourth-order valence-electron chi connectivity index (χ4n) is 10.8. The second-order valence-electron chi connectivity index (χ2n) is 16.6. The SMILES string of the molecule is CCCCCCCCCCCCC(=O)OC1CC[C@@]2(C)C(=CCC3C2CC[C@@]2(C)C3CC[C@@H]2[C@H](C)CCCC(C)C)C1. The molecule has 0 aromatic rings. The summed E-state index contributed by atoms with van der Waals surface area (Å²) in [7, 11) is 0. The van der Waals surface area contributed by atoms with E-state index in [0.717, 1.165) is 54.8 Å².